The first kappa shape index (κ1) is 13.7. The van der Waals surface area contributed by atoms with Crippen molar-refractivity contribution in [2.75, 3.05) is 26.3 Å². The van der Waals surface area contributed by atoms with Crippen molar-refractivity contribution >= 4 is 11.9 Å². The summed E-state index contributed by atoms with van der Waals surface area (Å²) in [6.45, 7) is 0.708. The lowest BCUT2D eigenvalue weighted by Gasteiger charge is -2.22. The quantitative estimate of drug-likeness (QED) is 0.716. The van der Waals surface area contributed by atoms with Gasteiger partial charge in [-0.05, 0) is 32.0 Å². The summed E-state index contributed by atoms with van der Waals surface area (Å²) in [4.78, 5) is 22.7. The minimum absolute atomic E-state index is 0.293. The molecule has 0 aliphatic carbocycles. The fourth-order valence-electron chi connectivity index (χ4n) is 2.20. The highest BCUT2D eigenvalue weighted by atomic mass is 16.5. The molecule has 1 aliphatic heterocycles. The third kappa shape index (κ3) is 3.39. The highest BCUT2D eigenvalue weighted by Crippen LogP contribution is 2.24. The molecule has 1 fully saturated rings. The van der Waals surface area contributed by atoms with Gasteiger partial charge in [0, 0.05) is 12.1 Å². The number of nitrogens with zero attached hydrogens (tertiary/aromatic N) is 2. The van der Waals surface area contributed by atoms with Gasteiger partial charge in [-0.25, -0.2) is 9.48 Å². The van der Waals surface area contributed by atoms with Crippen LogP contribution in [0.15, 0.2) is 12.3 Å². The monoisotopic (exact) mass is 267 g/mol. The smallest absolute Gasteiger partial charge is 0.332 e. The van der Waals surface area contributed by atoms with Crippen LogP contribution in [0.1, 0.15) is 29.2 Å². The van der Waals surface area contributed by atoms with Crippen LogP contribution in [0.3, 0.4) is 0 Å². The number of aliphatic hydroxyl groups excluding tert-OH is 1. The van der Waals surface area contributed by atoms with Crippen LogP contribution < -0.4 is 5.32 Å². The van der Waals surface area contributed by atoms with Gasteiger partial charge in [0.05, 0.1) is 5.69 Å². The van der Waals surface area contributed by atoms with Crippen LogP contribution in [0.5, 0.6) is 0 Å². The van der Waals surface area contributed by atoms with E-state index >= 15 is 0 Å². The van der Waals surface area contributed by atoms with Gasteiger partial charge in [-0.1, -0.05) is 0 Å². The van der Waals surface area contributed by atoms with Crippen molar-refractivity contribution in [3.05, 3.63) is 18.0 Å². The van der Waals surface area contributed by atoms with Crippen LogP contribution in [0.25, 0.3) is 0 Å². The Morgan fingerprint density at radius 1 is 1.47 bits per heavy atom. The van der Waals surface area contributed by atoms with Crippen LogP contribution in [-0.2, 0) is 9.53 Å². The average Bonchev–Trinajstić information content (AvgIpc) is 2.94. The number of rotatable bonds is 4. The molecule has 2 N–H and O–H groups in total. The van der Waals surface area contributed by atoms with Gasteiger partial charge in [0.15, 0.2) is 6.61 Å². The Labute approximate surface area is 110 Å². The third-order valence-corrected chi connectivity index (χ3v) is 3.15. The molecule has 7 nitrogen and oxygen atoms in total. The van der Waals surface area contributed by atoms with E-state index in [1.165, 1.54) is 4.68 Å². The summed E-state index contributed by atoms with van der Waals surface area (Å²) in [5.41, 5.74) is 0.853. The molecule has 0 radical (unpaired) electrons. The molecule has 2 heterocycles. The van der Waals surface area contributed by atoms with Crippen LogP contribution in [-0.4, -0.2) is 53.1 Å². The summed E-state index contributed by atoms with van der Waals surface area (Å²) < 4.78 is 5.90. The first-order valence-electron chi connectivity index (χ1n) is 6.26. The first-order valence-corrected chi connectivity index (χ1v) is 6.26. The largest absolute Gasteiger partial charge is 0.454 e. The summed E-state index contributed by atoms with van der Waals surface area (Å²) in [5, 5.41) is 15.8. The van der Waals surface area contributed by atoms with E-state index < -0.39 is 25.1 Å². The minimum Gasteiger partial charge on any atom is -0.454 e. The molecule has 1 saturated heterocycles. The lowest BCUT2D eigenvalue weighted by atomic mass is 9.94. The predicted molar refractivity (Wildman–Crippen MR) is 65.7 cm³/mol. The highest BCUT2D eigenvalue weighted by molar-refractivity contribution is 5.82. The standard InChI is InChI=1S/C12H17N3O4/c16-7-12(18)19-8-11(17)15-10(3-6-14-15)9-1-4-13-5-2-9/h3,6,9,13,16H,1-2,4-5,7-8H2. The molecule has 2 rings (SSSR count). The van der Waals surface area contributed by atoms with Gasteiger partial charge in [-0.3, -0.25) is 4.79 Å². The molecule has 104 valence electrons. The van der Waals surface area contributed by atoms with E-state index in [1.807, 2.05) is 6.07 Å². The summed E-state index contributed by atoms with van der Waals surface area (Å²) in [6, 6.07) is 1.82. The number of hydrogen-bond acceptors (Lipinski definition) is 6. The molecule has 1 aliphatic rings. The molecule has 0 atom stereocenters. The van der Waals surface area contributed by atoms with Gasteiger partial charge in [0.25, 0.3) is 5.91 Å². The zero-order valence-corrected chi connectivity index (χ0v) is 10.5. The number of aromatic nitrogens is 2. The number of aliphatic hydroxyl groups is 1. The Bertz CT molecular complexity index is 452. The Kier molecular flexibility index (Phi) is 4.64. The van der Waals surface area contributed by atoms with Gasteiger partial charge in [0.2, 0.25) is 0 Å². The third-order valence-electron chi connectivity index (χ3n) is 3.15. The van der Waals surface area contributed by atoms with Crippen molar-refractivity contribution in [1.82, 2.24) is 15.1 Å². The average molecular weight is 267 g/mol. The molecule has 0 spiro atoms. The zero-order valence-electron chi connectivity index (χ0n) is 10.5. The van der Waals surface area contributed by atoms with Gasteiger partial charge < -0.3 is 15.2 Å². The van der Waals surface area contributed by atoms with E-state index in [2.05, 4.69) is 15.2 Å². The van der Waals surface area contributed by atoms with E-state index in [0.717, 1.165) is 31.6 Å². The number of carbonyl (C=O) groups is 2. The molecule has 0 unspecified atom stereocenters. The maximum atomic E-state index is 11.9. The van der Waals surface area contributed by atoms with Crippen LogP contribution >= 0.6 is 0 Å². The molecular formula is C12H17N3O4. The highest BCUT2D eigenvalue weighted by Gasteiger charge is 2.22. The molecule has 0 amide bonds. The van der Waals surface area contributed by atoms with Crippen LogP contribution in [0.2, 0.25) is 0 Å². The predicted octanol–water partition coefficient (Wildman–Crippen LogP) is -0.474. The second-order valence-electron chi connectivity index (χ2n) is 4.40. The lowest BCUT2D eigenvalue weighted by Crippen LogP contribution is -2.30. The van der Waals surface area contributed by atoms with Gasteiger partial charge >= 0.3 is 5.97 Å². The summed E-state index contributed by atoms with van der Waals surface area (Å²) in [6.07, 6.45) is 3.48. The van der Waals surface area contributed by atoms with E-state index in [0.29, 0.717) is 5.92 Å². The topological polar surface area (TPSA) is 93.5 Å². The van der Waals surface area contributed by atoms with Gasteiger partial charge in [-0.15, -0.1) is 0 Å². The van der Waals surface area contributed by atoms with Gasteiger partial charge in [-0.2, -0.15) is 5.10 Å². The number of nitrogens with one attached hydrogen (secondary N) is 1. The number of carbonyl (C=O) groups excluding carboxylic acids is 2. The zero-order chi connectivity index (χ0) is 13.7. The number of esters is 1. The molecule has 0 aromatic carbocycles. The summed E-state index contributed by atoms with van der Waals surface area (Å²) in [5.74, 6) is -0.925. The molecule has 0 saturated carbocycles. The second-order valence-corrected chi connectivity index (χ2v) is 4.40. The maximum absolute atomic E-state index is 11.9. The second kappa shape index (κ2) is 6.44. The van der Waals surface area contributed by atoms with Crippen molar-refractivity contribution in [3.8, 4) is 0 Å². The number of piperidine rings is 1. The number of hydrogen-bond donors (Lipinski definition) is 2. The maximum Gasteiger partial charge on any atom is 0.332 e. The van der Waals surface area contributed by atoms with Crippen molar-refractivity contribution in [2.45, 2.75) is 18.8 Å². The van der Waals surface area contributed by atoms with Crippen molar-refractivity contribution in [3.63, 3.8) is 0 Å². The molecule has 7 heteroatoms. The van der Waals surface area contributed by atoms with E-state index in [9.17, 15) is 9.59 Å². The van der Waals surface area contributed by atoms with Gasteiger partial charge in [0.1, 0.15) is 6.61 Å². The van der Waals surface area contributed by atoms with Crippen molar-refractivity contribution in [2.24, 2.45) is 0 Å². The van der Waals surface area contributed by atoms with E-state index in [1.54, 1.807) is 6.20 Å². The van der Waals surface area contributed by atoms with Crippen molar-refractivity contribution < 1.29 is 19.4 Å². The summed E-state index contributed by atoms with van der Waals surface area (Å²) >= 11 is 0. The summed E-state index contributed by atoms with van der Waals surface area (Å²) in [7, 11) is 0. The Balaban J connectivity index is 2.01. The molecular weight excluding hydrogens is 250 g/mol. The normalized spacial score (nSPS) is 16.3. The fourth-order valence-corrected chi connectivity index (χ4v) is 2.20. The number of ether oxygens (including phenoxy) is 1. The first-order chi connectivity index (χ1) is 9.22. The molecule has 0 bridgehead atoms. The van der Waals surface area contributed by atoms with E-state index in [-0.39, 0.29) is 0 Å². The Morgan fingerprint density at radius 3 is 2.89 bits per heavy atom. The molecule has 1 aromatic rings. The molecule has 19 heavy (non-hydrogen) atoms. The molecule has 1 aromatic heterocycles. The SMILES string of the molecule is O=C(CO)OCC(=O)n1nccc1C1CCNCC1. The van der Waals surface area contributed by atoms with Crippen LogP contribution in [0.4, 0.5) is 0 Å². The lowest BCUT2D eigenvalue weighted by molar-refractivity contribution is -0.145. The fraction of sp³-hybridized carbons (Fsp3) is 0.583. The van der Waals surface area contributed by atoms with Crippen molar-refractivity contribution in [1.29, 1.82) is 0 Å². The van der Waals surface area contributed by atoms with E-state index in [4.69, 9.17) is 5.11 Å². The minimum atomic E-state index is -0.816. The van der Waals surface area contributed by atoms with Crippen LogP contribution in [0, 0.1) is 0 Å². The Hall–Kier alpha value is -1.73. The Morgan fingerprint density at radius 2 is 2.21 bits per heavy atom.